The lowest BCUT2D eigenvalue weighted by atomic mass is 10.0. The molecule has 0 aliphatic carbocycles. The van der Waals surface area contributed by atoms with Crippen LogP contribution in [0, 0.1) is 0 Å². The minimum Gasteiger partial charge on any atom is -0.460 e. The molecule has 0 spiro atoms. The number of nitrogen functional groups attached to an aromatic ring is 1. The van der Waals surface area contributed by atoms with Crippen molar-refractivity contribution < 1.29 is 4.42 Å². The van der Waals surface area contributed by atoms with Gasteiger partial charge in [0.2, 0.25) is 0 Å². The molecule has 2 nitrogen and oxygen atoms in total. The molecule has 19 heavy (non-hydrogen) atoms. The predicted molar refractivity (Wildman–Crippen MR) is 80.5 cm³/mol. The van der Waals surface area contributed by atoms with Gasteiger partial charge in [-0.05, 0) is 41.5 Å². The van der Waals surface area contributed by atoms with Crippen LogP contribution in [0.15, 0.2) is 46.9 Å². The first kappa shape index (κ1) is 12.1. The molecule has 1 aromatic heterocycles. The van der Waals surface area contributed by atoms with E-state index in [-0.39, 0.29) is 0 Å². The summed E-state index contributed by atoms with van der Waals surface area (Å²) in [6, 6.07) is 13.8. The van der Waals surface area contributed by atoms with E-state index in [9.17, 15) is 0 Å². The van der Waals surface area contributed by atoms with Crippen molar-refractivity contribution in [2.24, 2.45) is 0 Å². The third kappa shape index (κ3) is 2.20. The largest absolute Gasteiger partial charge is 0.460 e. The van der Waals surface area contributed by atoms with Crippen LogP contribution in [0.1, 0.15) is 12.7 Å². The minimum atomic E-state index is 0.643. The first-order chi connectivity index (χ1) is 9.17. The molecule has 0 bridgehead atoms. The van der Waals surface area contributed by atoms with Gasteiger partial charge in [-0.3, -0.25) is 0 Å². The lowest BCUT2D eigenvalue weighted by molar-refractivity contribution is 0.557. The highest BCUT2D eigenvalue weighted by molar-refractivity contribution is 6.35. The van der Waals surface area contributed by atoms with Crippen molar-refractivity contribution in [1.82, 2.24) is 0 Å². The van der Waals surface area contributed by atoms with Crippen LogP contribution < -0.4 is 5.73 Å². The van der Waals surface area contributed by atoms with Gasteiger partial charge in [0.05, 0.1) is 5.02 Å². The summed E-state index contributed by atoms with van der Waals surface area (Å²) in [5.41, 5.74) is 9.39. The summed E-state index contributed by atoms with van der Waals surface area (Å²) >= 11 is 6.30. The zero-order chi connectivity index (χ0) is 13.4. The third-order valence-electron chi connectivity index (χ3n) is 3.21. The van der Waals surface area contributed by atoms with Gasteiger partial charge in [0.25, 0.3) is 0 Å². The molecule has 0 unspecified atom stereocenters. The lowest BCUT2D eigenvalue weighted by Gasteiger charge is -2.03. The Bertz CT molecular complexity index is 728. The van der Waals surface area contributed by atoms with Crippen molar-refractivity contribution in [1.29, 1.82) is 0 Å². The zero-order valence-corrected chi connectivity index (χ0v) is 11.4. The Morgan fingerprint density at radius 1 is 1.05 bits per heavy atom. The number of hydrogen-bond donors (Lipinski definition) is 1. The molecule has 0 aliphatic rings. The van der Waals surface area contributed by atoms with Crippen molar-refractivity contribution in [3.63, 3.8) is 0 Å². The normalized spacial score (nSPS) is 11.1. The monoisotopic (exact) mass is 271 g/mol. The summed E-state index contributed by atoms with van der Waals surface area (Å²) in [6.45, 7) is 2.06. The fourth-order valence-electron chi connectivity index (χ4n) is 2.18. The van der Waals surface area contributed by atoms with Crippen LogP contribution in [-0.2, 0) is 6.42 Å². The van der Waals surface area contributed by atoms with Crippen molar-refractivity contribution >= 4 is 28.3 Å². The maximum atomic E-state index is 6.30. The molecule has 2 N–H and O–H groups in total. The number of halogens is 1. The van der Waals surface area contributed by atoms with Gasteiger partial charge in [-0.1, -0.05) is 30.7 Å². The number of aryl methyl sites for hydroxylation is 1. The number of hydrogen-bond acceptors (Lipinski definition) is 2. The van der Waals surface area contributed by atoms with Crippen molar-refractivity contribution in [2.75, 3.05) is 5.73 Å². The Balaban J connectivity index is 2.17. The first-order valence-electron chi connectivity index (χ1n) is 6.25. The van der Waals surface area contributed by atoms with E-state index in [1.165, 1.54) is 0 Å². The van der Waals surface area contributed by atoms with E-state index in [2.05, 4.69) is 13.0 Å². The van der Waals surface area contributed by atoms with E-state index >= 15 is 0 Å². The molecule has 3 heteroatoms. The maximum absolute atomic E-state index is 6.30. The molecule has 0 radical (unpaired) electrons. The van der Waals surface area contributed by atoms with Crippen LogP contribution in [0.3, 0.4) is 0 Å². The van der Waals surface area contributed by atoms with Gasteiger partial charge in [0, 0.05) is 17.5 Å². The van der Waals surface area contributed by atoms with Crippen LogP contribution in [0.5, 0.6) is 0 Å². The summed E-state index contributed by atoms with van der Waals surface area (Å²) in [6.07, 6.45) is 0.863. The second-order valence-corrected chi connectivity index (χ2v) is 4.97. The first-order valence-corrected chi connectivity index (χ1v) is 6.63. The van der Waals surface area contributed by atoms with E-state index in [0.717, 1.165) is 40.0 Å². The average molecular weight is 272 g/mol. The van der Waals surface area contributed by atoms with Crippen LogP contribution in [0.2, 0.25) is 5.02 Å². The molecule has 3 aromatic rings. The van der Waals surface area contributed by atoms with Crippen LogP contribution in [-0.4, -0.2) is 0 Å². The number of nitrogens with two attached hydrogens (primary N) is 1. The smallest absolute Gasteiger partial charge is 0.152 e. The van der Waals surface area contributed by atoms with Gasteiger partial charge < -0.3 is 10.2 Å². The lowest BCUT2D eigenvalue weighted by Crippen LogP contribution is -1.84. The number of anilines is 1. The second kappa shape index (κ2) is 4.63. The molecule has 0 aliphatic heterocycles. The van der Waals surface area contributed by atoms with Gasteiger partial charge in [0.15, 0.2) is 5.58 Å². The molecular weight excluding hydrogens is 258 g/mol. The fraction of sp³-hybridized carbons (Fsp3) is 0.125. The van der Waals surface area contributed by atoms with E-state index in [0.29, 0.717) is 5.02 Å². The minimum absolute atomic E-state index is 0.643. The highest BCUT2D eigenvalue weighted by atomic mass is 35.5. The molecule has 2 aromatic carbocycles. The highest BCUT2D eigenvalue weighted by Crippen LogP contribution is 2.33. The van der Waals surface area contributed by atoms with Crippen molar-refractivity contribution in [3.05, 3.63) is 53.2 Å². The van der Waals surface area contributed by atoms with Crippen molar-refractivity contribution in [3.8, 4) is 11.1 Å². The quantitative estimate of drug-likeness (QED) is 0.674. The van der Waals surface area contributed by atoms with Crippen LogP contribution >= 0.6 is 11.6 Å². The molecule has 1 heterocycles. The van der Waals surface area contributed by atoms with Crippen molar-refractivity contribution in [2.45, 2.75) is 13.3 Å². The van der Waals surface area contributed by atoms with Gasteiger partial charge >= 0.3 is 0 Å². The third-order valence-corrected chi connectivity index (χ3v) is 3.50. The number of rotatable bonds is 2. The Morgan fingerprint density at radius 2 is 1.79 bits per heavy atom. The summed E-state index contributed by atoms with van der Waals surface area (Å²) in [7, 11) is 0. The molecule has 0 saturated carbocycles. The molecule has 0 fully saturated rings. The summed E-state index contributed by atoms with van der Waals surface area (Å²) in [5, 5.41) is 1.68. The number of furan rings is 1. The van der Waals surface area contributed by atoms with Crippen LogP contribution in [0.4, 0.5) is 5.69 Å². The maximum Gasteiger partial charge on any atom is 0.152 e. The Labute approximate surface area is 116 Å². The fourth-order valence-corrected chi connectivity index (χ4v) is 2.45. The second-order valence-electron chi connectivity index (χ2n) is 4.56. The van der Waals surface area contributed by atoms with E-state index < -0.39 is 0 Å². The number of fused-ring (bicyclic) bond motifs is 1. The average Bonchev–Trinajstić information content (AvgIpc) is 2.83. The van der Waals surface area contributed by atoms with E-state index in [4.69, 9.17) is 21.8 Å². The molecule has 0 atom stereocenters. The van der Waals surface area contributed by atoms with Gasteiger partial charge in [-0.15, -0.1) is 0 Å². The molecule has 3 rings (SSSR count). The van der Waals surface area contributed by atoms with Gasteiger partial charge in [-0.2, -0.15) is 0 Å². The van der Waals surface area contributed by atoms with E-state index in [1.807, 2.05) is 36.4 Å². The van der Waals surface area contributed by atoms with Gasteiger partial charge in [0.1, 0.15) is 5.76 Å². The predicted octanol–water partition coefficient (Wildman–Crippen LogP) is 4.90. The van der Waals surface area contributed by atoms with Gasteiger partial charge in [-0.25, -0.2) is 0 Å². The Morgan fingerprint density at radius 3 is 2.47 bits per heavy atom. The Hall–Kier alpha value is -1.93. The topological polar surface area (TPSA) is 39.2 Å². The standard InChI is InChI=1S/C16H14ClNO/c1-2-14-8-12-7-11(9-15(17)16(12)19-14)10-3-5-13(18)6-4-10/h3-9H,2,18H2,1H3. The molecule has 0 saturated heterocycles. The molecule has 0 amide bonds. The summed E-state index contributed by atoms with van der Waals surface area (Å²) in [4.78, 5) is 0. The van der Waals surface area contributed by atoms with Crippen LogP contribution in [0.25, 0.3) is 22.1 Å². The molecular formula is C16H14ClNO. The van der Waals surface area contributed by atoms with E-state index in [1.54, 1.807) is 0 Å². The zero-order valence-electron chi connectivity index (χ0n) is 10.6. The number of benzene rings is 2. The SMILES string of the molecule is CCc1cc2cc(-c3ccc(N)cc3)cc(Cl)c2o1. The highest BCUT2D eigenvalue weighted by Gasteiger charge is 2.09. The molecule has 96 valence electrons. The Kier molecular flexibility index (Phi) is 2.96. The summed E-state index contributed by atoms with van der Waals surface area (Å²) in [5.74, 6) is 0.950. The summed E-state index contributed by atoms with van der Waals surface area (Å²) < 4.78 is 5.71.